The molecule has 4 heteroatoms. The number of carbonyl (C=O) groups excluding carboxylic acids is 2. The van der Waals surface area contributed by atoms with Crippen LogP contribution in [0.2, 0.25) is 0 Å². The standard InChI is InChI=1S/C23H26N2O2/c1-14-9-15(2)22(16(3)10-14)24-13-19(12-21(24)26)23(27)25-17(4)11-18-7-5-6-8-20(18)25/h5-10,17,19H,11-13H2,1-4H3. The summed E-state index contributed by atoms with van der Waals surface area (Å²) in [5.41, 5.74) is 6.56. The van der Waals surface area contributed by atoms with Crippen molar-refractivity contribution in [2.45, 2.75) is 46.6 Å². The number of hydrogen-bond acceptors (Lipinski definition) is 2. The van der Waals surface area contributed by atoms with Crippen molar-refractivity contribution < 1.29 is 9.59 Å². The second kappa shape index (κ2) is 6.52. The van der Waals surface area contributed by atoms with Crippen LogP contribution in [0, 0.1) is 26.7 Å². The zero-order valence-corrected chi connectivity index (χ0v) is 16.5. The van der Waals surface area contributed by atoms with Crippen LogP contribution in [0.15, 0.2) is 36.4 Å². The molecule has 0 aliphatic carbocycles. The van der Waals surface area contributed by atoms with Crippen molar-refractivity contribution >= 4 is 23.2 Å². The molecular formula is C23H26N2O2. The molecule has 0 bridgehead atoms. The Balaban J connectivity index is 1.61. The number of benzene rings is 2. The molecule has 2 aliphatic heterocycles. The van der Waals surface area contributed by atoms with Gasteiger partial charge in [0.25, 0.3) is 0 Å². The van der Waals surface area contributed by atoms with E-state index in [0.717, 1.165) is 28.9 Å². The summed E-state index contributed by atoms with van der Waals surface area (Å²) in [6.45, 7) is 8.69. The number of fused-ring (bicyclic) bond motifs is 1. The maximum Gasteiger partial charge on any atom is 0.232 e. The molecule has 0 saturated carbocycles. The number of nitrogens with zero attached hydrogens (tertiary/aromatic N) is 2. The third kappa shape index (κ3) is 2.93. The predicted octanol–water partition coefficient (Wildman–Crippen LogP) is 3.94. The van der Waals surface area contributed by atoms with Gasteiger partial charge in [-0.1, -0.05) is 35.9 Å². The molecule has 1 fully saturated rings. The van der Waals surface area contributed by atoms with Crippen LogP contribution in [0.3, 0.4) is 0 Å². The molecule has 4 rings (SSSR count). The van der Waals surface area contributed by atoms with Gasteiger partial charge in [-0.05, 0) is 56.9 Å². The van der Waals surface area contributed by atoms with Crippen LogP contribution in [0.1, 0.15) is 35.6 Å². The Morgan fingerprint density at radius 2 is 1.70 bits per heavy atom. The number of hydrogen-bond donors (Lipinski definition) is 0. The van der Waals surface area contributed by atoms with Gasteiger partial charge in [-0.15, -0.1) is 0 Å². The first-order valence-corrected chi connectivity index (χ1v) is 9.66. The molecule has 0 aromatic heterocycles. The molecule has 2 aromatic rings. The zero-order valence-electron chi connectivity index (χ0n) is 16.5. The fourth-order valence-corrected chi connectivity index (χ4v) is 4.79. The molecule has 140 valence electrons. The van der Waals surface area contributed by atoms with E-state index < -0.39 is 0 Å². The number of para-hydroxylation sites is 1. The minimum atomic E-state index is -0.286. The molecule has 2 unspecified atom stereocenters. The second-order valence-electron chi connectivity index (χ2n) is 8.04. The van der Waals surface area contributed by atoms with E-state index in [9.17, 15) is 9.59 Å². The monoisotopic (exact) mass is 362 g/mol. The summed E-state index contributed by atoms with van der Waals surface area (Å²) >= 11 is 0. The number of amides is 2. The van der Waals surface area contributed by atoms with E-state index in [-0.39, 0.29) is 30.2 Å². The first-order chi connectivity index (χ1) is 12.9. The van der Waals surface area contributed by atoms with Crippen molar-refractivity contribution in [3.63, 3.8) is 0 Å². The Bertz CT molecular complexity index is 911. The zero-order chi connectivity index (χ0) is 19.3. The van der Waals surface area contributed by atoms with Gasteiger partial charge in [-0.25, -0.2) is 0 Å². The van der Waals surface area contributed by atoms with Crippen LogP contribution >= 0.6 is 0 Å². The van der Waals surface area contributed by atoms with Gasteiger partial charge in [0.2, 0.25) is 11.8 Å². The van der Waals surface area contributed by atoms with E-state index in [1.165, 1.54) is 11.1 Å². The summed E-state index contributed by atoms with van der Waals surface area (Å²) in [5, 5.41) is 0. The van der Waals surface area contributed by atoms with Crippen molar-refractivity contribution in [1.82, 2.24) is 0 Å². The van der Waals surface area contributed by atoms with E-state index in [4.69, 9.17) is 0 Å². The summed E-state index contributed by atoms with van der Waals surface area (Å²) in [6.07, 6.45) is 1.17. The van der Waals surface area contributed by atoms with E-state index in [1.807, 2.05) is 41.8 Å². The topological polar surface area (TPSA) is 40.6 Å². The van der Waals surface area contributed by atoms with Crippen LogP contribution in [0.25, 0.3) is 0 Å². The predicted molar refractivity (Wildman–Crippen MR) is 108 cm³/mol. The molecule has 0 spiro atoms. The third-order valence-corrected chi connectivity index (χ3v) is 5.82. The van der Waals surface area contributed by atoms with E-state index >= 15 is 0 Å². The van der Waals surface area contributed by atoms with Gasteiger partial charge in [-0.3, -0.25) is 9.59 Å². The maximum atomic E-state index is 13.3. The fraction of sp³-hybridized carbons (Fsp3) is 0.391. The van der Waals surface area contributed by atoms with Crippen molar-refractivity contribution in [2.75, 3.05) is 16.3 Å². The van der Waals surface area contributed by atoms with Gasteiger partial charge in [0.15, 0.2) is 0 Å². The molecule has 0 N–H and O–H groups in total. The van der Waals surface area contributed by atoms with Crippen molar-refractivity contribution in [3.8, 4) is 0 Å². The number of rotatable bonds is 2. The average Bonchev–Trinajstić information content (AvgIpc) is 3.13. The van der Waals surface area contributed by atoms with Gasteiger partial charge >= 0.3 is 0 Å². The van der Waals surface area contributed by atoms with Gasteiger partial charge in [-0.2, -0.15) is 0 Å². The molecule has 4 nitrogen and oxygen atoms in total. The Labute approximate surface area is 160 Å². The van der Waals surface area contributed by atoms with Crippen LogP contribution in [0.4, 0.5) is 11.4 Å². The molecule has 2 heterocycles. The average molecular weight is 362 g/mol. The molecule has 2 aliphatic rings. The van der Waals surface area contributed by atoms with Gasteiger partial charge in [0.05, 0.1) is 5.92 Å². The van der Waals surface area contributed by atoms with E-state index in [1.54, 1.807) is 0 Å². The number of anilines is 2. The molecule has 2 aromatic carbocycles. The summed E-state index contributed by atoms with van der Waals surface area (Å²) in [7, 11) is 0. The number of carbonyl (C=O) groups is 2. The Hall–Kier alpha value is -2.62. The Morgan fingerprint density at radius 1 is 1.04 bits per heavy atom. The molecular weight excluding hydrogens is 336 g/mol. The molecule has 1 saturated heterocycles. The lowest BCUT2D eigenvalue weighted by Crippen LogP contribution is -2.41. The highest BCUT2D eigenvalue weighted by Crippen LogP contribution is 2.36. The van der Waals surface area contributed by atoms with Crippen molar-refractivity contribution in [1.29, 1.82) is 0 Å². The first kappa shape index (κ1) is 17.8. The smallest absolute Gasteiger partial charge is 0.232 e. The molecule has 0 radical (unpaired) electrons. The lowest BCUT2D eigenvalue weighted by atomic mass is 10.0. The van der Waals surface area contributed by atoms with Crippen LogP contribution in [-0.2, 0) is 16.0 Å². The second-order valence-corrected chi connectivity index (χ2v) is 8.04. The van der Waals surface area contributed by atoms with Gasteiger partial charge < -0.3 is 9.80 Å². The highest BCUT2D eigenvalue weighted by Gasteiger charge is 2.41. The lowest BCUT2D eigenvalue weighted by molar-refractivity contribution is -0.124. The normalized spacial score (nSPS) is 21.7. The Kier molecular flexibility index (Phi) is 4.29. The molecule has 2 amide bonds. The lowest BCUT2D eigenvalue weighted by Gasteiger charge is -2.26. The van der Waals surface area contributed by atoms with Crippen LogP contribution < -0.4 is 9.80 Å². The first-order valence-electron chi connectivity index (χ1n) is 9.66. The Morgan fingerprint density at radius 3 is 2.41 bits per heavy atom. The molecule has 2 atom stereocenters. The number of aryl methyl sites for hydroxylation is 3. The maximum absolute atomic E-state index is 13.3. The quantitative estimate of drug-likeness (QED) is 0.812. The molecule has 27 heavy (non-hydrogen) atoms. The van der Waals surface area contributed by atoms with E-state index in [2.05, 4.69) is 32.0 Å². The third-order valence-electron chi connectivity index (χ3n) is 5.82. The summed E-state index contributed by atoms with van der Waals surface area (Å²) < 4.78 is 0. The fourth-order valence-electron chi connectivity index (χ4n) is 4.79. The van der Waals surface area contributed by atoms with Crippen molar-refractivity contribution in [2.24, 2.45) is 5.92 Å². The SMILES string of the molecule is Cc1cc(C)c(N2CC(C(=O)N3c4ccccc4CC3C)CC2=O)c(C)c1. The summed E-state index contributed by atoms with van der Waals surface area (Å²) in [4.78, 5) is 29.8. The van der Waals surface area contributed by atoms with E-state index in [0.29, 0.717) is 6.54 Å². The van der Waals surface area contributed by atoms with Crippen LogP contribution in [0.5, 0.6) is 0 Å². The van der Waals surface area contributed by atoms with Gasteiger partial charge in [0, 0.05) is 30.4 Å². The highest BCUT2D eigenvalue weighted by molar-refractivity contribution is 6.06. The minimum Gasteiger partial charge on any atom is -0.311 e. The summed E-state index contributed by atoms with van der Waals surface area (Å²) in [6, 6.07) is 12.4. The largest absolute Gasteiger partial charge is 0.311 e. The van der Waals surface area contributed by atoms with Crippen LogP contribution in [-0.4, -0.2) is 24.4 Å². The van der Waals surface area contributed by atoms with Crippen molar-refractivity contribution in [3.05, 3.63) is 58.7 Å². The summed E-state index contributed by atoms with van der Waals surface area (Å²) in [5.74, 6) is -0.166. The minimum absolute atomic E-state index is 0.0449. The van der Waals surface area contributed by atoms with Gasteiger partial charge in [0.1, 0.15) is 0 Å². The highest BCUT2D eigenvalue weighted by atomic mass is 16.2.